The second kappa shape index (κ2) is 5.87. The van der Waals surface area contributed by atoms with Gasteiger partial charge in [-0.15, -0.1) is 0 Å². The molecule has 0 saturated heterocycles. The van der Waals surface area contributed by atoms with Crippen molar-refractivity contribution >= 4 is 0 Å². The van der Waals surface area contributed by atoms with Crippen molar-refractivity contribution in [3.05, 3.63) is 32.6 Å². The van der Waals surface area contributed by atoms with E-state index in [1.54, 1.807) is 0 Å². The maximum atomic E-state index is 11.8. The first-order valence-corrected chi connectivity index (χ1v) is 6.91. The van der Waals surface area contributed by atoms with Gasteiger partial charge >= 0.3 is 5.69 Å². The number of rotatable bonds is 3. The molecule has 0 atom stereocenters. The van der Waals surface area contributed by atoms with Crippen molar-refractivity contribution in [1.82, 2.24) is 9.55 Å². The Morgan fingerprint density at radius 2 is 2.05 bits per heavy atom. The van der Waals surface area contributed by atoms with Gasteiger partial charge in [-0.05, 0) is 31.6 Å². The molecule has 19 heavy (non-hydrogen) atoms. The summed E-state index contributed by atoms with van der Waals surface area (Å²) in [7, 11) is 0. The van der Waals surface area contributed by atoms with E-state index >= 15 is 0 Å². The van der Waals surface area contributed by atoms with Crippen LogP contribution >= 0.6 is 0 Å². The number of nitrogens with one attached hydrogen (secondary N) is 1. The van der Waals surface area contributed by atoms with Crippen LogP contribution < -0.4 is 11.2 Å². The lowest BCUT2D eigenvalue weighted by molar-refractivity contribution is 0.257. The average Bonchev–Trinajstić information content (AvgIpc) is 2.41. The molecule has 1 aromatic heterocycles. The molecule has 1 N–H and O–H groups in total. The van der Waals surface area contributed by atoms with Gasteiger partial charge in [0.05, 0.1) is 0 Å². The molecule has 0 aromatic carbocycles. The average molecular weight is 261 g/mol. The van der Waals surface area contributed by atoms with Gasteiger partial charge in [0.2, 0.25) is 0 Å². The number of hydrogen-bond acceptors (Lipinski definition) is 3. The zero-order chi connectivity index (χ0) is 13.8. The molecule has 1 aliphatic rings. The van der Waals surface area contributed by atoms with Crippen molar-refractivity contribution < 1.29 is 0 Å². The maximum Gasteiger partial charge on any atom is 0.328 e. The Bertz CT molecular complexity index is 586. The summed E-state index contributed by atoms with van der Waals surface area (Å²) in [6.07, 6.45) is 7.98. The van der Waals surface area contributed by atoms with E-state index in [1.165, 1.54) is 23.6 Å². The molecule has 0 bridgehead atoms. The summed E-state index contributed by atoms with van der Waals surface area (Å²) in [5, 5.41) is 8.86. The monoisotopic (exact) mass is 261 g/mol. The molecule has 102 valence electrons. The normalized spacial score (nSPS) is 22.9. The molecule has 1 saturated carbocycles. The van der Waals surface area contributed by atoms with E-state index in [-0.39, 0.29) is 11.6 Å². The lowest BCUT2D eigenvalue weighted by atomic mass is 9.83. The zero-order valence-corrected chi connectivity index (χ0v) is 11.2. The van der Waals surface area contributed by atoms with Gasteiger partial charge in [-0.1, -0.05) is 19.8 Å². The van der Waals surface area contributed by atoms with Crippen LogP contribution in [0, 0.1) is 17.2 Å². The van der Waals surface area contributed by atoms with Crippen molar-refractivity contribution in [2.75, 3.05) is 0 Å². The molecule has 1 aliphatic carbocycles. The number of aromatic amines is 1. The molecule has 1 heterocycles. The molecule has 5 heteroatoms. The van der Waals surface area contributed by atoms with E-state index in [0.29, 0.717) is 0 Å². The van der Waals surface area contributed by atoms with E-state index in [9.17, 15) is 9.59 Å². The molecule has 5 nitrogen and oxygen atoms in total. The molecule has 2 rings (SSSR count). The van der Waals surface area contributed by atoms with Crippen LogP contribution in [-0.4, -0.2) is 9.55 Å². The van der Waals surface area contributed by atoms with Gasteiger partial charge < -0.3 is 0 Å². The van der Waals surface area contributed by atoms with E-state index in [0.717, 1.165) is 31.6 Å². The highest BCUT2D eigenvalue weighted by atomic mass is 16.2. The molecule has 0 aliphatic heterocycles. The van der Waals surface area contributed by atoms with Gasteiger partial charge in [0.15, 0.2) is 0 Å². The van der Waals surface area contributed by atoms with Crippen molar-refractivity contribution in [3.63, 3.8) is 0 Å². The van der Waals surface area contributed by atoms with Gasteiger partial charge in [0, 0.05) is 12.2 Å². The van der Waals surface area contributed by atoms with Crippen LogP contribution in [-0.2, 0) is 0 Å². The topological polar surface area (TPSA) is 78.7 Å². The second-order valence-corrected chi connectivity index (χ2v) is 5.28. The number of nitrogens with zero attached hydrogens (tertiary/aromatic N) is 2. The predicted octanol–water partition coefficient (Wildman–Crippen LogP) is 1.94. The number of hydrogen-bond donors (Lipinski definition) is 1. The lowest BCUT2D eigenvalue weighted by Gasteiger charge is -2.29. The van der Waals surface area contributed by atoms with Crippen LogP contribution in [0.4, 0.5) is 0 Å². The summed E-state index contributed by atoms with van der Waals surface area (Å²) in [6, 6.07) is 1.94. The van der Waals surface area contributed by atoms with Gasteiger partial charge in [-0.2, -0.15) is 5.26 Å². The lowest BCUT2D eigenvalue weighted by Crippen LogP contribution is -2.34. The second-order valence-electron chi connectivity index (χ2n) is 5.28. The fourth-order valence-electron chi connectivity index (χ4n) is 2.96. The van der Waals surface area contributed by atoms with E-state index in [1.807, 2.05) is 6.07 Å². The summed E-state index contributed by atoms with van der Waals surface area (Å²) in [6.45, 7) is 2.19. The molecule has 0 radical (unpaired) electrons. The minimum Gasteiger partial charge on any atom is -0.296 e. The third-order valence-corrected chi connectivity index (χ3v) is 3.99. The first kappa shape index (κ1) is 13.6. The largest absolute Gasteiger partial charge is 0.328 e. The third-order valence-electron chi connectivity index (χ3n) is 3.99. The Morgan fingerprint density at radius 3 is 2.63 bits per heavy atom. The molecular formula is C14H19N3O2. The van der Waals surface area contributed by atoms with E-state index < -0.39 is 11.2 Å². The molecule has 0 spiro atoms. The summed E-state index contributed by atoms with van der Waals surface area (Å²) in [4.78, 5) is 25.4. The molecule has 1 aromatic rings. The van der Waals surface area contributed by atoms with Crippen molar-refractivity contribution in [1.29, 1.82) is 5.26 Å². The molecular weight excluding hydrogens is 242 g/mol. The van der Waals surface area contributed by atoms with Crippen LogP contribution in [0.15, 0.2) is 15.8 Å². The first-order valence-electron chi connectivity index (χ1n) is 6.91. The summed E-state index contributed by atoms with van der Waals surface area (Å²) in [5.74, 6) is 0.759. The molecule has 0 amide bonds. The van der Waals surface area contributed by atoms with Crippen molar-refractivity contribution in [3.8, 4) is 6.07 Å². The molecule has 0 unspecified atom stereocenters. The Morgan fingerprint density at radius 1 is 1.37 bits per heavy atom. The highest BCUT2D eigenvalue weighted by molar-refractivity contribution is 5.21. The van der Waals surface area contributed by atoms with Crippen LogP contribution in [0.25, 0.3) is 0 Å². The fourth-order valence-corrected chi connectivity index (χ4v) is 2.96. The number of aromatic nitrogens is 2. The zero-order valence-electron chi connectivity index (χ0n) is 11.2. The van der Waals surface area contributed by atoms with Crippen LogP contribution in [0.3, 0.4) is 0 Å². The van der Waals surface area contributed by atoms with Crippen molar-refractivity contribution in [2.24, 2.45) is 5.92 Å². The Kier molecular flexibility index (Phi) is 4.20. The minimum atomic E-state index is -0.594. The van der Waals surface area contributed by atoms with E-state index in [2.05, 4.69) is 11.9 Å². The summed E-state index contributed by atoms with van der Waals surface area (Å²) in [5.41, 5.74) is -0.985. The summed E-state index contributed by atoms with van der Waals surface area (Å²) >= 11 is 0. The van der Waals surface area contributed by atoms with Gasteiger partial charge in [0.25, 0.3) is 5.56 Å². The van der Waals surface area contributed by atoms with E-state index in [4.69, 9.17) is 5.26 Å². The minimum absolute atomic E-state index is 0.00952. The maximum absolute atomic E-state index is 11.8. The van der Waals surface area contributed by atoms with Crippen LogP contribution in [0.1, 0.15) is 57.1 Å². The third kappa shape index (κ3) is 2.95. The molecule has 1 fully saturated rings. The van der Waals surface area contributed by atoms with Gasteiger partial charge in [-0.3, -0.25) is 14.3 Å². The Balaban J connectivity index is 2.18. The number of nitriles is 1. The quantitative estimate of drug-likeness (QED) is 0.903. The van der Waals surface area contributed by atoms with Crippen LogP contribution in [0.2, 0.25) is 0 Å². The highest BCUT2D eigenvalue weighted by Gasteiger charge is 2.23. The SMILES string of the molecule is CCCC1CCC(n2cc(C#N)c(=O)[nH]c2=O)CC1. The Hall–Kier alpha value is -1.83. The highest BCUT2D eigenvalue weighted by Crippen LogP contribution is 2.33. The first-order chi connectivity index (χ1) is 9.15. The number of H-pyrrole nitrogens is 1. The Labute approximate surface area is 111 Å². The standard InChI is InChI=1S/C14H19N3O2/c1-2-3-10-4-6-12(7-5-10)17-9-11(8-15)13(18)16-14(17)19/h9-10,12H,2-7H2,1H3,(H,16,18,19). The summed E-state index contributed by atoms with van der Waals surface area (Å²) < 4.78 is 1.53. The van der Waals surface area contributed by atoms with Crippen molar-refractivity contribution in [2.45, 2.75) is 51.5 Å². The van der Waals surface area contributed by atoms with Crippen LogP contribution in [0.5, 0.6) is 0 Å². The predicted molar refractivity (Wildman–Crippen MR) is 71.9 cm³/mol. The van der Waals surface area contributed by atoms with Gasteiger partial charge in [0.1, 0.15) is 11.6 Å². The van der Waals surface area contributed by atoms with Gasteiger partial charge in [-0.25, -0.2) is 4.79 Å². The fraction of sp³-hybridized carbons (Fsp3) is 0.643. The smallest absolute Gasteiger partial charge is 0.296 e.